The highest BCUT2D eigenvalue weighted by Crippen LogP contribution is 2.33. The van der Waals surface area contributed by atoms with Crippen LogP contribution in [0.2, 0.25) is 0 Å². The molecule has 0 atom stereocenters. The van der Waals surface area contributed by atoms with Crippen molar-refractivity contribution in [2.45, 2.75) is 6.18 Å². The molecule has 3 heterocycles. The maximum atomic E-state index is 13.3. The van der Waals surface area contributed by atoms with E-state index in [1.54, 1.807) is 41.4 Å². The molecule has 29 heavy (non-hydrogen) atoms. The van der Waals surface area contributed by atoms with Gasteiger partial charge in [0.05, 0.1) is 6.20 Å². The molecule has 148 valence electrons. The summed E-state index contributed by atoms with van der Waals surface area (Å²) in [6.07, 6.45) is -0.709. The van der Waals surface area contributed by atoms with Crippen LogP contribution in [0.4, 0.5) is 23.4 Å². The lowest BCUT2D eigenvalue weighted by Crippen LogP contribution is -2.30. The van der Waals surface area contributed by atoms with E-state index in [2.05, 4.69) is 15.2 Å². The molecule has 0 saturated heterocycles. The number of carbonyl (C=O) groups is 1. The van der Waals surface area contributed by atoms with E-state index < -0.39 is 17.9 Å². The Balaban J connectivity index is 1.81. The highest BCUT2D eigenvalue weighted by atomic mass is 19.4. The molecule has 0 unspecified atom stereocenters. The van der Waals surface area contributed by atoms with Crippen LogP contribution in [-0.2, 0) is 11.8 Å². The van der Waals surface area contributed by atoms with Gasteiger partial charge < -0.3 is 5.32 Å². The molecule has 0 aliphatic rings. The Hall–Kier alpha value is -3.76. The first kappa shape index (κ1) is 18.6. The summed E-state index contributed by atoms with van der Waals surface area (Å²) in [7, 11) is 1.70. The van der Waals surface area contributed by atoms with Crippen molar-refractivity contribution >= 4 is 17.4 Å². The highest BCUT2D eigenvalue weighted by molar-refractivity contribution is 5.95. The van der Waals surface area contributed by atoms with Gasteiger partial charge in [-0.1, -0.05) is 0 Å². The molecule has 4 aromatic rings. The summed E-state index contributed by atoms with van der Waals surface area (Å²) in [5.41, 5.74) is 2.55. The molecule has 4 rings (SSSR count). The van der Waals surface area contributed by atoms with Crippen molar-refractivity contribution in [1.29, 1.82) is 0 Å². The minimum Gasteiger partial charge on any atom is -0.301 e. The number of imidazole rings is 1. The second kappa shape index (κ2) is 6.69. The molecule has 0 bridgehead atoms. The van der Waals surface area contributed by atoms with E-state index in [1.807, 2.05) is 0 Å². The second-order valence-electron chi connectivity index (χ2n) is 6.16. The summed E-state index contributed by atoms with van der Waals surface area (Å²) in [6.45, 7) is 0. The zero-order valence-electron chi connectivity index (χ0n) is 14.8. The number of carbonyl (C=O) groups excluding carboxylic acids is 1. The third kappa shape index (κ3) is 3.53. The number of hydrogen-bond acceptors (Lipinski definition) is 4. The fourth-order valence-electron chi connectivity index (χ4n) is 2.86. The fourth-order valence-corrected chi connectivity index (χ4v) is 2.86. The monoisotopic (exact) mass is 404 g/mol. The quantitative estimate of drug-likeness (QED) is 0.531. The lowest BCUT2D eigenvalue weighted by Gasteiger charge is -2.04. The van der Waals surface area contributed by atoms with Crippen molar-refractivity contribution in [1.82, 2.24) is 24.4 Å². The molecule has 0 saturated carbocycles. The number of halogens is 4. The van der Waals surface area contributed by atoms with Crippen molar-refractivity contribution in [2.75, 3.05) is 5.32 Å². The molecule has 11 heteroatoms. The molecule has 3 aromatic heterocycles. The van der Waals surface area contributed by atoms with Gasteiger partial charge in [0.15, 0.2) is 11.5 Å². The summed E-state index contributed by atoms with van der Waals surface area (Å²) < 4.78 is 53.6. The normalized spacial score (nSPS) is 11.8. The Kier molecular flexibility index (Phi) is 4.29. The zero-order valence-corrected chi connectivity index (χ0v) is 14.8. The van der Waals surface area contributed by atoms with Crippen LogP contribution < -0.4 is 5.32 Å². The van der Waals surface area contributed by atoms with Gasteiger partial charge in [0.25, 0.3) is 0 Å². The van der Waals surface area contributed by atoms with Gasteiger partial charge in [-0.2, -0.15) is 23.4 Å². The molecule has 0 radical (unpaired) electrons. The number of rotatable bonds is 3. The maximum Gasteiger partial charge on any atom is 0.471 e. The number of hydrogen-bond donors (Lipinski definition) is 1. The Labute approximate surface area is 160 Å². The van der Waals surface area contributed by atoms with Crippen molar-refractivity contribution in [3.8, 4) is 22.4 Å². The second-order valence-corrected chi connectivity index (χ2v) is 6.16. The van der Waals surface area contributed by atoms with Crippen molar-refractivity contribution in [3.05, 3.63) is 54.7 Å². The number of aryl methyl sites for hydroxylation is 1. The smallest absolute Gasteiger partial charge is 0.301 e. The minimum absolute atomic E-state index is 0.223. The molecular weight excluding hydrogens is 392 g/mol. The van der Waals surface area contributed by atoms with Crippen molar-refractivity contribution in [3.63, 3.8) is 0 Å². The minimum atomic E-state index is -5.04. The van der Waals surface area contributed by atoms with Crippen LogP contribution in [0, 0.1) is 5.82 Å². The summed E-state index contributed by atoms with van der Waals surface area (Å²) >= 11 is 0. The van der Waals surface area contributed by atoms with E-state index in [-0.39, 0.29) is 11.5 Å². The maximum absolute atomic E-state index is 13.3. The van der Waals surface area contributed by atoms with Crippen LogP contribution >= 0.6 is 0 Å². The number of nitrogens with zero attached hydrogens (tertiary/aromatic N) is 5. The van der Waals surface area contributed by atoms with E-state index in [0.717, 1.165) is 0 Å². The molecule has 0 fully saturated rings. The van der Waals surface area contributed by atoms with Gasteiger partial charge in [-0.05, 0) is 30.3 Å². The number of nitrogens with one attached hydrogen (secondary N) is 1. The lowest BCUT2D eigenvalue weighted by atomic mass is 10.0. The van der Waals surface area contributed by atoms with E-state index >= 15 is 0 Å². The van der Waals surface area contributed by atoms with Gasteiger partial charge in [0.1, 0.15) is 11.5 Å². The van der Waals surface area contributed by atoms with Crippen LogP contribution in [0.1, 0.15) is 0 Å². The standard InChI is InChI=1S/C18H12F4N6O/c1-27-8-13(15(26-27)10-2-4-11(19)5-3-10)12-6-7-23-28-9-14(24-16(12)28)25-17(29)18(20,21)22/h2-9H,1H3,(H,25,29). The zero-order chi connectivity index (χ0) is 20.8. The molecule has 0 aliphatic heterocycles. The summed E-state index contributed by atoms with van der Waals surface area (Å²) in [5, 5.41) is 10.1. The predicted octanol–water partition coefficient (Wildman–Crippen LogP) is 3.44. The number of fused-ring (bicyclic) bond motifs is 1. The topological polar surface area (TPSA) is 77.1 Å². The van der Waals surface area contributed by atoms with Crippen molar-refractivity contribution in [2.24, 2.45) is 7.05 Å². The molecule has 1 N–H and O–H groups in total. The van der Waals surface area contributed by atoms with E-state index in [9.17, 15) is 22.4 Å². The Morgan fingerprint density at radius 3 is 2.48 bits per heavy atom. The number of anilines is 1. The van der Waals surface area contributed by atoms with E-state index in [0.29, 0.717) is 22.4 Å². The number of amides is 1. The van der Waals surface area contributed by atoms with Gasteiger partial charge in [-0.25, -0.2) is 13.9 Å². The third-order valence-electron chi connectivity index (χ3n) is 4.10. The van der Waals surface area contributed by atoms with Crippen LogP contribution in [0.5, 0.6) is 0 Å². The van der Waals surface area contributed by atoms with Gasteiger partial charge >= 0.3 is 12.1 Å². The lowest BCUT2D eigenvalue weighted by molar-refractivity contribution is -0.167. The van der Waals surface area contributed by atoms with Gasteiger partial charge in [-0.15, -0.1) is 0 Å². The number of aromatic nitrogens is 5. The molecule has 0 spiro atoms. The van der Waals surface area contributed by atoms with Crippen molar-refractivity contribution < 1.29 is 22.4 Å². The number of alkyl halides is 3. The molecular formula is C18H12F4N6O. The van der Waals surface area contributed by atoms with Gasteiger partial charge in [0.2, 0.25) is 0 Å². The highest BCUT2D eigenvalue weighted by Gasteiger charge is 2.39. The summed E-state index contributed by atoms with van der Waals surface area (Å²) in [5.74, 6) is -2.81. The van der Waals surface area contributed by atoms with Crippen LogP contribution in [0.25, 0.3) is 28.0 Å². The molecule has 1 aromatic carbocycles. The van der Waals surface area contributed by atoms with Crippen LogP contribution in [-0.4, -0.2) is 36.5 Å². The van der Waals surface area contributed by atoms with Gasteiger partial charge in [0, 0.05) is 36.1 Å². The number of benzene rings is 1. The fraction of sp³-hybridized carbons (Fsp3) is 0.111. The van der Waals surface area contributed by atoms with Crippen LogP contribution in [0.15, 0.2) is 48.9 Å². The Morgan fingerprint density at radius 2 is 1.79 bits per heavy atom. The van der Waals surface area contributed by atoms with Gasteiger partial charge in [-0.3, -0.25) is 9.48 Å². The summed E-state index contributed by atoms with van der Waals surface area (Å²) in [6, 6.07) is 7.37. The molecule has 0 aliphatic carbocycles. The average Bonchev–Trinajstić information content (AvgIpc) is 3.24. The van der Waals surface area contributed by atoms with Crippen LogP contribution in [0.3, 0.4) is 0 Å². The third-order valence-corrected chi connectivity index (χ3v) is 4.10. The predicted molar refractivity (Wildman–Crippen MR) is 95.3 cm³/mol. The Bertz CT molecular complexity index is 1210. The Morgan fingerprint density at radius 1 is 1.07 bits per heavy atom. The first-order chi connectivity index (χ1) is 13.7. The first-order valence-electron chi connectivity index (χ1n) is 8.25. The molecule has 1 amide bonds. The summed E-state index contributed by atoms with van der Waals surface area (Å²) in [4.78, 5) is 15.3. The SMILES string of the molecule is Cn1cc(-c2ccnn3cc(NC(=O)C(F)(F)F)nc23)c(-c2ccc(F)cc2)n1. The van der Waals surface area contributed by atoms with E-state index in [1.165, 1.54) is 29.0 Å². The molecule has 7 nitrogen and oxygen atoms in total. The largest absolute Gasteiger partial charge is 0.471 e. The first-order valence-corrected chi connectivity index (χ1v) is 8.25. The van der Waals surface area contributed by atoms with E-state index in [4.69, 9.17) is 0 Å². The average molecular weight is 404 g/mol.